The van der Waals surface area contributed by atoms with Crippen LogP contribution >= 0.6 is 0 Å². The average molecular weight is 364 g/mol. The van der Waals surface area contributed by atoms with Crippen molar-refractivity contribution >= 4 is 22.5 Å². The van der Waals surface area contributed by atoms with Gasteiger partial charge in [0.1, 0.15) is 11.4 Å². The van der Waals surface area contributed by atoms with Crippen molar-refractivity contribution in [3.8, 4) is 5.75 Å². The number of nitrogens with one attached hydrogen (secondary N) is 1. The van der Waals surface area contributed by atoms with Gasteiger partial charge in [0.05, 0.1) is 11.8 Å². The highest BCUT2D eigenvalue weighted by atomic mass is 16.5. The van der Waals surface area contributed by atoms with Crippen LogP contribution in [0.1, 0.15) is 49.7 Å². The van der Waals surface area contributed by atoms with Crippen molar-refractivity contribution in [3.63, 3.8) is 0 Å². The molecule has 0 saturated heterocycles. The van der Waals surface area contributed by atoms with Gasteiger partial charge in [-0.25, -0.2) is 0 Å². The maximum atomic E-state index is 13.2. The summed E-state index contributed by atoms with van der Waals surface area (Å²) in [6, 6.07) is 15.8. The first-order chi connectivity index (χ1) is 13.0. The van der Waals surface area contributed by atoms with Crippen LogP contribution < -0.4 is 10.1 Å². The smallest absolute Gasteiger partial charge is 0.272 e. The van der Waals surface area contributed by atoms with Gasteiger partial charge in [0.15, 0.2) is 0 Å². The van der Waals surface area contributed by atoms with E-state index in [1.165, 1.54) is 0 Å². The Kier molecular flexibility index (Phi) is 5.84. The fraction of sp³-hybridized carbons (Fsp3) is 0.348. The molecule has 1 aromatic heterocycles. The molecule has 0 bridgehead atoms. The number of nitrogens with zero attached hydrogens (tertiary/aromatic N) is 1. The van der Waals surface area contributed by atoms with Crippen molar-refractivity contribution in [2.24, 2.45) is 0 Å². The molecule has 0 aliphatic carbocycles. The largest absolute Gasteiger partial charge is 0.489 e. The van der Waals surface area contributed by atoms with E-state index in [4.69, 9.17) is 4.74 Å². The third kappa shape index (κ3) is 4.00. The number of anilines is 1. The molecule has 0 spiro atoms. The van der Waals surface area contributed by atoms with Crippen LogP contribution in [-0.4, -0.2) is 16.6 Å². The standard InChI is InChI=1S/C23H28N2O2/c1-5-6-15-25-20-13-9-7-11-18(20)17(4)22(25)23(26)24-19-12-8-10-14-21(19)27-16(2)3/h7-14,16H,5-6,15H2,1-4H3,(H,24,26). The molecule has 142 valence electrons. The van der Waals surface area contributed by atoms with Gasteiger partial charge in [-0.3, -0.25) is 4.79 Å². The van der Waals surface area contributed by atoms with Gasteiger partial charge in [0.2, 0.25) is 0 Å². The molecule has 27 heavy (non-hydrogen) atoms. The molecule has 0 radical (unpaired) electrons. The van der Waals surface area contributed by atoms with Gasteiger partial charge < -0.3 is 14.6 Å². The lowest BCUT2D eigenvalue weighted by Crippen LogP contribution is -2.19. The fourth-order valence-corrected chi connectivity index (χ4v) is 3.43. The Labute approximate surface area is 161 Å². The Hall–Kier alpha value is -2.75. The Morgan fingerprint density at radius 1 is 1.11 bits per heavy atom. The summed E-state index contributed by atoms with van der Waals surface area (Å²) in [6.07, 6.45) is 2.16. The molecule has 4 nitrogen and oxygen atoms in total. The number of carbonyl (C=O) groups is 1. The maximum absolute atomic E-state index is 13.2. The van der Waals surface area contributed by atoms with Crippen molar-refractivity contribution in [1.29, 1.82) is 0 Å². The number of aryl methyl sites for hydroxylation is 2. The van der Waals surface area contributed by atoms with Crippen molar-refractivity contribution < 1.29 is 9.53 Å². The molecule has 0 saturated carbocycles. The predicted octanol–water partition coefficient (Wildman–Crippen LogP) is 5.79. The number of benzene rings is 2. The molecule has 0 unspecified atom stereocenters. The molecular weight excluding hydrogens is 336 g/mol. The normalized spacial score (nSPS) is 11.1. The Balaban J connectivity index is 2.00. The fourth-order valence-electron chi connectivity index (χ4n) is 3.43. The molecule has 2 aromatic carbocycles. The minimum absolute atomic E-state index is 0.0424. The second-order valence-corrected chi connectivity index (χ2v) is 7.11. The van der Waals surface area contributed by atoms with E-state index < -0.39 is 0 Å². The lowest BCUT2D eigenvalue weighted by Gasteiger charge is -2.16. The van der Waals surface area contributed by atoms with Crippen LogP contribution in [0.3, 0.4) is 0 Å². The summed E-state index contributed by atoms with van der Waals surface area (Å²) in [5.41, 5.74) is 3.55. The van der Waals surface area contributed by atoms with E-state index in [0.29, 0.717) is 11.4 Å². The van der Waals surface area contributed by atoms with Gasteiger partial charge in [0.25, 0.3) is 5.91 Å². The summed E-state index contributed by atoms with van der Waals surface area (Å²) in [7, 11) is 0. The number of unbranched alkanes of at least 4 members (excludes halogenated alkanes) is 1. The van der Waals surface area contributed by atoms with Crippen LogP contribution in [0.4, 0.5) is 5.69 Å². The first kappa shape index (κ1) is 19.0. The lowest BCUT2D eigenvalue weighted by atomic mass is 10.1. The highest BCUT2D eigenvalue weighted by Crippen LogP contribution is 2.29. The molecule has 3 aromatic rings. The van der Waals surface area contributed by atoms with Gasteiger partial charge in [-0.15, -0.1) is 0 Å². The van der Waals surface area contributed by atoms with Crippen molar-refractivity contribution in [2.75, 3.05) is 5.32 Å². The van der Waals surface area contributed by atoms with Crippen LogP contribution in [0, 0.1) is 6.92 Å². The van der Waals surface area contributed by atoms with E-state index in [1.807, 2.05) is 57.2 Å². The zero-order valence-electron chi connectivity index (χ0n) is 16.6. The van der Waals surface area contributed by atoms with Crippen LogP contribution in [0.25, 0.3) is 10.9 Å². The summed E-state index contributed by atoms with van der Waals surface area (Å²) in [4.78, 5) is 13.2. The number of fused-ring (bicyclic) bond motifs is 1. The summed E-state index contributed by atoms with van der Waals surface area (Å²) < 4.78 is 7.99. The van der Waals surface area contributed by atoms with Gasteiger partial charge in [-0.1, -0.05) is 43.7 Å². The van der Waals surface area contributed by atoms with Gasteiger partial charge in [-0.2, -0.15) is 0 Å². The third-order valence-corrected chi connectivity index (χ3v) is 4.67. The first-order valence-corrected chi connectivity index (χ1v) is 9.67. The Morgan fingerprint density at radius 3 is 2.56 bits per heavy atom. The number of para-hydroxylation sites is 3. The quantitative estimate of drug-likeness (QED) is 0.577. The van der Waals surface area contributed by atoms with E-state index in [2.05, 4.69) is 28.9 Å². The summed E-state index contributed by atoms with van der Waals surface area (Å²) in [6.45, 7) is 8.97. The summed E-state index contributed by atoms with van der Waals surface area (Å²) >= 11 is 0. The van der Waals surface area contributed by atoms with Gasteiger partial charge in [0, 0.05) is 17.4 Å². The second kappa shape index (κ2) is 8.30. The van der Waals surface area contributed by atoms with Crippen molar-refractivity contribution in [3.05, 3.63) is 59.8 Å². The minimum Gasteiger partial charge on any atom is -0.489 e. The number of aromatic nitrogens is 1. The van der Waals surface area contributed by atoms with Crippen LogP contribution in [-0.2, 0) is 6.54 Å². The van der Waals surface area contributed by atoms with E-state index in [0.717, 1.165) is 41.5 Å². The zero-order valence-corrected chi connectivity index (χ0v) is 16.6. The van der Waals surface area contributed by atoms with Gasteiger partial charge >= 0.3 is 0 Å². The number of hydrogen-bond donors (Lipinski definition) is 1. The van der Waals surface area contributed by atoms with Crippen LogP contribution in [0.15, 0.2) is 48.5 Å². The maximum Gasteiger partial charge on any atom is 0.272 e. The summed E-state index contributed by atoms with van der Waals surface area (Å²) in [5, 5.41) is 4.20. The SMILES string of the molecule is CCCCn1c(C(=O)Nc2ccccc2OC(C)C)c(C)c2ccccc21. The zero-order chi connectivity index (χ0) is 19.4. The van der Waals surface area contributed by atoms with E-state index in [9.17, 15) is 4.79 Å². The second-order valence-electron chi connectivity index (χ2n) is 7.11. The lowest BCUT2D eigenvalue weighted by molar-refractivity contribution is 0.101. The molecule has 1 heterocycles. The number of hydrogen-bond acceptors (Lipinski definition) is 2. The number of carbonyl (C=O) groups excluding carboxylic acids is 1. The Morgan fingerprint density at radius 2 is 1.81 bits per heavy atom. The number of rotatable bonds is 7. The third-order valence-electron chi connectivity index (χ3n) is 4.67. The van der Waals surface area contributed by atoms with Crippen molar-refractivity contribution in [1.82, 2.24) is 4.57 Å². The Bertz CT molecular complexity index is 941. The monoisotopic (exact) mass is 364 g/mol. The van der Waals surface area contributed by atoms with Crippen LogP contribution in [0.2, 0.25) is 0 Å². The minimum atomic E-state index is -0.0976. The van der Waals surface area contributed by atoms with E-state index in [1.54, 1.807) is 0 Å². The molecule has 1 amide bonds. The molecule has 0 aliphatic rings. The molecule has 1 N–H and O–H groups in total. The first-order valence-electron chi connectivity index (χ1n) is 9.67. The van der Waals surface area contributed by atoms with Crippen molar-refractivity contribution in [2.45, 2.75) is 53.2 Å². The number of ether oxygens (including phenoxy) is 1. The molecular formula is C23H28N2O2. The predicted molar refractivity (Wildman–Crippen MR) is 112 cm³/mol. The van der Waals surface area contributed by atoms with E-state index in [-0.39, 0.29) is 12.0 Å². The molecule has 3 rings (SSSR count). The molecule has 0 fully saturated rings. The topological polar surface area (TPSA) is 43.3 Å². The van der Waals surface area contributed by atoms with E-state index >= 15 is 0 Å². The highest BCUT2D eigenvalue weighted by Gasteiger charge is 2.21. The number of amides is 1. The summed E-state index contributed by atoms with van der Waals surface area (Å²) in [5.74, 6) is 0.592. The average Bonchev–Trinajstić information content (AvgIpc) is 2.93. The molecule has 0 atom stereocenters. The molecule has 4 heteroatoms. The highest BCUT2D eigenvalue weighted by molar-refractivity contribution is 6.08. The van der Waals surface area contributed by atoms with Gasteiger partial charge in [-0.05, 0) is 51.0 Å². The van der Waals surface area contributed by atoms with Crippen LogP contribution in [0.5, 0.6) is 5.75 Å². The molecule has 0 aliphatic heterocycles.